The second kappa shape index (κ2) is 5.20. The average Bonchev–Trinajstić information content (AvgIpc) is 2.59. The van der Waals surface area contributed by atoms with E-state index in [4.69, 9.17) is 0 Å². The van der Waals surface area contributed by atoms with Crippen LogP contribution in [0.1, 0.15) is 16.7 Å². The first kappa shape index (κ1) is 14.0. The smallest absolute Gasteiger partial charge is 0.0346 e. The van der Waals surface area contributed by atoms with Crippen LogP contribution >= 0.6 is 0 Å². The van der Waals surface area contributed by atoms with Crippen molar-refractivity contribution in [1.82, 2.24) is 4.98 Å². The average molecular weight is 297 g/mol. The number of benzene rings is 3. The third-order valence-corrected chi connectivity index (χ3v) is 4.87. The molecule has 4 rings (SSSR count). The largest absolute Gasteiger partial charge is 0.264 e. The van der Waals surface area contributed by atoms with E-state index in [1.807, 2.05) is 18.5 Å². The molecule has 0 aliphatic carbocycles. The molecule has 0 spiro atoms. The van der Waals surface area contributed by atoms with Gasteiger partial charge in [0.25, 0.3) is 0 Å². The zero-order valence-corrected chi connectivity index (χ0v) is 13.7. The highest BCUT2D eigenvalue weighted by Crippen LogP contribution is 2.37. The Morgan fingerprint density at radius 2 is 1.52 bits per heavy atom. The Morgan fingerprint density at radius 1 is 0.739 bits per heavy atom. The summed E-state index contributed by atoms with van der Waals surface area (Å²) in [6.07, 6.45) is 3.76. The number of aromatic nitrogens is 1. The van der Waals surface area contributed by atoms with Gasteiger partial charge >= 0.3 is 0 Å². The number of rotatable bonds is 1. The molecule has 0 saturated heterocycles. The summed E-state index contributed by atoms with van der Waals surface area (Å²) in [5.41, 5.74) is 6.46. The maximum Gasteiger partial charge on any atom is 0.0346 e. The molecule has 0 radical (unpaired) electrons. The Bertz CT molecular complexity index is 1030. The van der Waals surface area contributed by atoms with Crippen molar-refractivity contribution in [3.8, 4) is 11.1 Å². The molecule has 0 atom stereocenters. The number of hydrogen-bond donors (Lipinski definition) is 0. The molecule has 0 aliphatic rings. The fourth-order valence-electron chi connectivity index (χ4n) is 3.49. The fourth-order valence-corrected chi connectivity index (χ4v) is 3.49. The Kier molecular flexibility index (Phi) is 3.16. The van der Waals surface area contributed by atoms with Crippen molar-refractivity contribution in [2.75, 3.05) is 0 Å². The molecule has 0 bridgehead atoms. The molecule has 0 N–H and O–H groups in total. The minimum atomic E-state index is 1.17. The van der Waals surface area contributed by atoms with Gasteiger partial charge in [0.1, 0.15) is 0 Å². The lowest BCUT2D eigenvalue weighted by molar-refractivity contribution is 1.33. The van der Waals surface area contributed by atoms with E-state index in [1.54, 1.807) is 0 Å². The standard InChI is InChI=1S/C22H19N/c1-14-6-8-17-9-11-20-19(18-5-4-12-23-13-18)10-7-15(2)21(20)22(17)16(14)3/h4-13H,1-3H3. The molecule has 0 amide bonds. The van der Waals surface area contributed by atoms with Crippen LogP contribution in [0.25, 0.3) is 32.7 Å². The van der Waals surface area contributed by atoms with Crippen molar-refractivity contribution in [1.29, 1.82) is 0 Å². The van der Waals surface area contributed by atoms with Crippen LogP contribution in [0.2, 0.25) is 0 Å². The highest BCUT2D eigenvalue weighted by Gasteiger charge is 2.11. The van der Waals surface area contributed by atoms with Crippen molar-refractivity contribution in [3.63, 3.8) is 0 Å². The SMILES string of the molecule is Cc1ccc2ccc3c(-c4cccnc4)ccc(C)c3c2c1C. The number of fused-ring (bicyclic) bond motifs is 3. The van der Waals surface area contributed by atoms with Crippen LogP contribution in [0.5, 0.6) is 0 Å². The first-order chi connectivity index (χ1) is 11.2. The van der Waals surface area contributed by atoms with Gasteiger partial charge in [0.2, 0.25) is 0 Å². The zero-order valence-electron chi connectivity index (χ0n) is 13.7. The number of aryl methyl sites for hydroxylation is 3. The summed E-state index contributed by atoms with van der Waals surface area (Å²) in [6, 6.07) is 17.5. The Morgan fingerprint density at radius 3 is 2.30 bits per heavy atom. The molecule has 3 aromatic carbocycles. The molecule has 0 unspecified atom stereocenters. The van der Waals surface area contributed by atoms with Gasteiger partial charge in [-0.2, -0.15) is 0 Å². The summed E-state index contributed by atoms with van der Waals surface area (Å²) in [4.78, 5) is 4.28. The normalized spacial score (nSPS) is 11.3. The molecule has 23 heavy (non-hydrogen) atoms. The van der Waals surface area contributed by atoms with Gasteiger partial charge in [-0.3, -0.25) is 4.98 Å². The molecule has 0 fully saturated rings. The van der Waals surface area contributed by atoms with Crippen LogP contribution in [0.3, 0.4) is 0 Å². The number of pyridine rings is 1. The Hall–Kier alpha value is -2.67. The molecule has 1 heteroatoms. The van der Waals surface area contributed by atoms with Crippen molar-refractivity contribution in [3.05, 3.63) is 77.6 Å². The molecule has 1 aromatic heterocycles. The van der Waals surface area contributed by atoms with E-state index in [2.05, 4.69) is 68.2 Å². The quantitative estimate of drug-likeness (QED) is 0.394. The van der Waals surface area contributed by atoms with Crippen LogP contribution in [0.4, 0.5) is 0 Å². The molecule has 0 aliphatic heterocycles. The van der Waals surface area contributed by atoms with Crippen molar-refractivity contribution in [2.24, 2.45) is 0 Å². The molecule has 1 heterocycles. The van der Waals surface area contributed by atoms with Gasteiger partial charge in [0.15, 0.2) is 0 Å². The summed E-state index contributed by atoms with van der Waals surface area (Å²) in [6.45, 7) is 6.62. The van der Waals surface area contributed by atoms with Crippen molar-refractivity contribution >= 4 is 21.5 Å². The van der Waals surface area contributed by atoms with Crippen LogP contribution in [-0.2, 0) is 0 Å². The highest BCUT2D eigenvalue weighted by atomic mass is 14.6. The number of hydrogen-bond acceptors (Lipinski definition) is 1. The molecular weight excluding hydrogens is 278 g/mol. The lowest BCUT2D eigenvalue weighted by Crippen LogP contribution is -1.90. The number of nitrogens with zero attached hydrogens (tertiary/aromatic N) is 1. The lowest BCUT2D eigenvalue weighted by Gasteiger charge is -2.14. The second-order valence-electron chi connectivity index (χ2n) is 6.27. The maximum absolute atomic E-state index is 4.28. The van der Waals surface area contributed by atoms with Crippen molar-refractivity contribution < 1.29 is 0 Å². The van der Waals surface area contributed by atoms with E-state index in [1.165, 1.54) is 49.4 Å². The van der Waals surface area contributed by atoms with E-state index in [-0.39, 0.29) is 0 Å². The summed E-state index contributed by atoms with van der Waals surface area (Å²) in [5, 5.41) is 5.36. The van der Waals surface area contributed by atoms with E-state index in [9.17, 15) is 0 Å². The summed E-state index contributed by atoms with van der Waals surface area (Å²) in [5.74, 6) is 0. The van der Waals surface area contributed by atoms with Gasteiger partial charge in [-0.1, -0.05) is 42.5 Å². The van der Waals surface area contributed by atoms with Crippen LogP contribution < -0.4 is 0 Å². The molecule has 1 nitrogen and oxygen atoms in total. The van der Waals surface area contributed by atoms with Crippen molar-refractivity contribution in [2.45, 2.75) is 20.8 Å². The molecule has 4 aromatic rings. The molecule has 0 saturated carbocycles. The summed E-state index contributed by atoms with van der Waals surface area (Å²) >= 11 is 0. The summed E-state index contributed by atoms with van der Waals surface area (Å²) in [7, 11) is 0. The van der Waals surface area contributed by atoms with E-state index < -0.39 is 0 Å². The molecule has 112 valence electrons. The summed E-state index contributed by atoms with van der Waals surface area (Å²) < 4.78 is 0. The highest BCUT2D eigenvalue weighted by molar-refractivity contribution is 6.14. The molecular formula is C22H19N. The predicted molar refractivity (Wildman–Crippen MR) is 98.9 cm³/mol. The van der Waals surface area contributed by atoms with E-state index in [0.717, 1.165) is 0 Å². The zero-order chi connectivity index (χ0) is 16.0. The first-order valence-electron chi connectivity index (χ1n) is 7.99. The van der Waals surface area contributed by atoms with Gasteiger partial charge in [-0.25, -0.2) is 0 Å². The van der Waals surface area contributed by atoms with Gasteiger partial charge in [0, 0.05) is 18.0 Å². The van der Waals surface area contributed by atoms with Gasteiger partial charge < -0.3 is 0 Å². The fraction of sp³-hybridized carbons (Fsp3) is 0.136. The van der Waals surface area contributed by atoms with Gasteiger partial charge in [-0.05, 0) is 70.6 Å². The first-order valence-corrected chi connectivity index (χ1v) is 7.99. The minimum Gasteiger partial charge on any atom is -0.264 e. The van der Waals surface area contributed by atoms with Crippen LogP contribution in [-0.4, -0.2) is 4.98 Å². The Labute approximate surface area is 136 Å². The maximum atomic E-state index is 4.28. The van der Waals surface area contributed by atoms with Crippen LogP contribution in [0, 0.1) is 20.8 Å². The Balaban J connectivity index is 2.20. The van der Waals surface area contributed by atoms with Gasteiger partial charge in [0.05, 0.1) is 0 Å². The third kappa shape index (κ3) is 2.12. The monoisotopic (exact) mass is 297 g/mol. The second-order valence-corrected chi connectivity index (χ2v) is 6.27. The predicted octanol–water partition coefficient (Wildman–Crippen LogP) is 5.98. The minimum absolute atomic E-state index is 1.17. The third-order valence-electron chi connectivity index (χ3n) is 4.87. The van der Waals surface area contributed by atoms with E-state index >= 15 is 0 Å². The van der Waals surface area contributed by atoms with E-state index in [0.29, 0.717) is 0 Å². The topological polar surface area (TPSA) is 12.9 Å². The lowest BCUT2D eigenvalue weighted by atomic mass is 9.89. The van der Waals surface area contributed by atoms with Gasteiger partial charge in [-0.15, -0.1) is 0 Å². The van der Waals surface area contributed by atoms with Crippen LogP contribution in [0.15, 0.2) is 60.9 Å².